The molecule has 0 spiro atoms. The highest BCUT2D eigenvalue weighted by atomic mass is 16.5. The molecule has 0 aromatic heterocycles. The fourth-order valence-corrected chi connectivity index (χ4v) is 2.79. The molecule has 16 heavy (non-hydrogen) atoms. The monoisotopic (exact) mass is 222 g/mol. The average Bonchev–Trinajstić information content (AvgIpc) is 2.71. The number of ether oxygens (including phenoxy) is 1. The van der Waals surface area contributed by atoms with Crippen LogP contribution in [0.3, 0.4) is 0 Å². The summed E-state index contributed by atoms with van der Waals surface area (Å²) in [7, 11) is 0. The zero-order chi connectivity index (χ0) is 11.2. The van der Waals surface area contributed by atoms with E-state index in [4.69, 9.17) is 4.74 Å². The van der Waals surface area contributed by atoms with E-state index in [1.807, 2.05) is 0 Å². The summed E-state index contributed by atoms with van der Waals surface area (Å²) in [5, 5.41) is 12.8. The highest BCUT2D eigenvalue weighted by molar-refractivity contribution is 4.97. The van der Waals surface area contributed by atoms with E-state index in [0.717, 1.165) is 19.6 Å². The summed E-state index contributed by atoms with van der Waals surface area (Å²) in [5.74, 6) is 0.410. The maximum Gasteiger partial charge on any atom is 0.101 e. The lowest BCUT2D eigenvalue weighted by molar-refractivity contribution is 0.179. The molecule has 2 aliphatic rings. The van der Waals surface area contributed by atoms with Crippen molar-refractivity contribution in [3.63, 3.8) is 0 Å². The van der Waals surface area contributed by atoms with Gasteiger partial charge in [0, 0.05) is 18.6 Å². The molecule has 2 unspecified atom stereocenters. The lowest BCUT2D eigenvalue weighted by Crippen LogP contribution is -2.42. The van der Waals surface area contributed by atoms with E-state index < -0.39 is 0 Å². The van der Waals surface area contributed by atoms with Gasteiger partial charge in [-0.3, -0.25) is 5.32 Å². The number of hydrogen-bond donors (Lipinski definition) is 1. The van der Waals surface area contributed by atoms with Crippen LogP contribution >= 0.6 is 0 Å². The van der Waals surface area contributed by atoms with E-state index in [9.17, 15) is 5.26 Å². The van der Waals surface area contributed by atoms with Gasteiger partial charge in [-0.25, -0.2) is 0 Å². The molecule has 0 aromatic carbocycles. The minimum absolute atomic E-state index is 0.00519. The van der Waals surface area contributed by atoms with Crippen molar-refractivity contribution < 1.29 is 4.74 Å². The van der Waals surface area contributed by atoms with Crippen molar-refractivity contribution in [1.29, 1.82) is 5.26 Å². The second-order valence-corrected chi connectivity index (χ2v) is 5.09. The molecule has 0 radical (unpaired) electrons. The van der Waals surface area contributed by atoms with Crippen molar-refractivity contribution in [1.82, 2.24) is 5.32 Å². The predicted octanol–water partition coefficient (Wildman–Crippen LogP) is 2.23. The molecule has 2 fully saturated rings. The zero-order valence-corrected chi connectivity index (χ0v) is 9.95. The normalized spacial score (nSPS) is 29.6. The standard InChI is InChI=1S/C13H22N2O/c14-9-13(11-7-8-16-10-11)15-12-5-3-1-2-4-6-12/h11-13,15H,1-8,10H2. The second-order valence-electron chi connectivity index (χ2n) is 5.09. The third-order valence-electron chi connectivity index (χ3n) is 3.85. The summed E-state index contributed by atoms with van der Waals surface area (Å²) in [6, 6.07) is 2.99. The van der Waals surface area contributed by atoms with Crippen molar-refractivity contribution in [3.05, 3.63) is 0 Å². The van der Waals surface area contributed by atoms with Crippen LogP contribution in [0.2, 0.25) is 0 Å². The lowest BCUT2D eigenvalue weighted by Gasteiger charge is -2.23. The van der Waals surface area contributed by atoms with Gasteiger partial charge in [-0.05, 0) is 19.3 Å². The Bertz CT molecular complexity index is 235. The molecule has 0 bridgehead atoms. The van der Waals surface area contributed by atoms with E-state index in [0.29, 0.717) is 12.0 Å². The molecule has 1 aliphatic carbocycles. The molecule has 1 aliphatic heterocycles. The number of hydrogen-bond acceptors (Lipinski definition) is 3. The Hall–Kier alpha value is -0.590. The molecule has 1 N–H and O–H groups in total. The Morgan fingerprint density at radius 1 is 1.12 bits per heavy atom. The van der Waals surface area contributed by atoms with Gasteiger partial charge in [0.2, 0.25) is 0 Å². The van der Waals surface area contributed by atoms with Crippen molar-refractivity contribution in [2.45, 2.75) is 57.0 Å². The van der Waals surface area contributed by atoms with Crippen LogP contribution in [0.5, 0.6) is 0 Å². The number of nitrogens with one attached hydrogen (secondary N) is 1. The predicted molar refractivity (Wildman–Crippen MR) is 63.0 cm³/mol. The largest absolute Gasteiger partial charge is 0.381 e. The van der Waals surface area contributed by atoms with Crippen LogP contribution in [-0.2, 0) is 4.74 Å². The van der Waals surface area contributed by atoms with E-state index in [1.54, 1.807) is 0 Å². The van der Waals surface area contributed by atoms with E-state index in [2.05, 4.69) is 11.4 Å². The van der Waals surface area contributed by atoms with E-state index >= 15 is 0 Å². The summed E-state index contributed by atoms with van der Waals surface area (Å²) in [6.07, 6.45) is 8.88. The molecule has 1 heterocycles. The smallest absolute Gasteiger partial charge is 0.101 e. The van der Waals surface area contributed by atoms with Gasteiger partial charge in [-0.2, -0.15) is 5.26 Å². The number of nitriles is 1. The van der Waals surface area contributed by atoms with Gasteiger partial charge in [0.05, 0.1) is 12.7 Å². The topological polar surface area (TPSA) is 45.0 Å². The molecule has 1 saturated carbocycles. The van der Waals surface area contributed by atoms with E-state index in [1.165, 1.54) is 38.5 Å². The Balaban J connectivity index is 1.82. The molecule has 90 valence electrons. The molecule has 2 rings (SSSR count). The van der Waals surface area contributed by atoms with Crippen molar-refractivity contribution >= 4 is 0 Å². The van der Waals surface area contributed by atoms with Crippen LogP contribution in [0.15, 0.2) is 0 Å². The minimum atomic E-state index is 0.00519. The van der Waals surface area contributed by atoms with Gasteiger partial charge in [-0.15, -0.1) is 0 Å². The van der Waals surface area contributed by atoms with Crippen LogP contribution in [-0.4, -0.2) is 25.3 Å². The molecular formula is C13H22N2O. The van der Waals surface area contributed by atoms with Gasteiger partial charge in [0.1, 0.15) is 6.04 Å². The highest BCUT2D eigenvalue weighted by Crippen LogP contribution is 2.21. The van der Waals surface area contributed by atoms with Crippen LogP contribution in [0.4, 0.5) is 0 Å². The Morgan fingerprint density at radius 2 is 1.88 bits per heavy atom. The third-order valence-corrected chi connectivity index (χ3v) is 3.85. The maximum absolute atomic E-state index is 9.22. The zero-order valence-electron chi connectivity index (χ0n) is 9.95. The Morgan fingerprint density at radius 3 is 2.44 bits per heavy atom. The van der Waals surface area contributed by atoms with Gasteiger partial charge in [0.15, 0.2) is 0 Å². The molecule has 1 saturated heterocycles. The summed E-state index contributed by atoms with van der Waals surface area (Å²) in [4.78, 5) is 0. The summed E-state index contributed by atoms with van der Waals surface area (Å²) < 4.78 is 5.36. The Labute approximate surface area is 98.2 Å². The van der Waals surface area contributed by atoms with Crippen LogP contribution in [0.1, 0.15) is 44.9 Å². The van der Waals surface area contributed by atoms with Crippen molar-refractivity contribution in [3.8, 4) is 6.07 Å². The second kappa shape index (κ2) is 6.22. The molecular weight excluding hydrogens is 200 g/mol. The quantitative estimate of drug-likeness (QED) is 0.745. The van der Waals surface area contributed by atoms with Crippen LogP contribution in [0.25, 0.3) is 0 Å². The fourth-order valence-electron chi connectivity index (χ4n) is 2.79. The first-order chi connectivity index (χ1) is 7.90. The molecule has 3 nitrogen and oxygen atoms in total. The van der Waals surface area contributed by atoms with Gasteiger partial charge in [-0.1, -0.05) is 25.7 Å². The third kappa shape index (κ3) is 3.20. The molecule has 3 heteroatoms. The van der Waals surface area contributed by atoms with Crippen molar-refractivity contribution in [2.24, 2.45) is 5.92 Å². The van der Waals surface area contributed by atoms with Crippen molar-refractivity contribution in [2.75, 3.05) is 13.2 Å². The summed E-state index contributed by atoms with van der Waals surface area (Å²) >= 11 is 0. The van der Waals surface area contributed by atoms with E-state index in [-0.39, 0.29) is 6.04 Å². The minimum Gasteiger partial charge on any atom is -0.381 e. The SMILES string of the molecule is N#CC(NC1CCCCCC1)C1CCOC1. The van der Waals surface area contributed by atoms with Crippen LogP contribution < -0.4 is 5.32 Å². The Kier molecular flexibility index (Phi) is 4.62. The first kappa shape index (κ1) is 11.9. The summed E-state index contributed by atoms with van der Waals surface area (Å²) in [6.45, 7) is 1.59. The average molecular weight is 222 g/mol. The van der Waals surface area contributed by atoms with Crippen LogP contribution in [0, 0.1) is 17.2 Å². The number of rotatable bonds is 3. The lowest BCUT2D eigenvalue weighted by atomic mass is 9.98. The maximum atomic E-state index is 9.22. The molecule has 2 atom stereocenters. The first-order valence-electron chi connectivity index (χ1n) is 6.63. The number of nitrogens with zero attached hydrogens (tertiary/aromatic N) is 1. The highest BCUT2D eigenvalue weighted by Gasteiger charge is 2.27. The molecule has 0 aromatic rings. The van der Waals surface area contributed by atoms with Gasteiger partial charge < -0.3 is 4.74 Å². The van der Waals surface area contributed by atoms with Gasteiger partial charge in [0.25, 0.3) is 0 Å². The first-order valence-corrected chi connectivity index (χ1v) is 6.63. The molecule has 0 amide bonds. The van der Waals surface area contributed by atoms with Gasteiger partial charge >= 0.3 is 0 Å². The summed E-state index contributed by atoms with van der Waals surface area (Å²) in [5.41, 5.74) is 0. The fraction of sp³-hybridized carbons (Fsp3) is 0.923.